The van der Waals surface area contributed by atoms with Crippen LogP contribution in [0.1, 0.15) is 34.1 Å². The molecule has 35 heavy (non-hydrogen) atoms. The molecule has 3 unspecified atom stereocenters. The van der Waals surface area contributed by atoms with E-state index in [0.717, 1.165) is 5.56 Å². The van der Waals surface area contributed by atoms with Crippen LogP contribution in [-0.2, 0) is 23.8 Å². The summed E-state index contributed by atoms with van der Waals surface area (Å²) in [6, 6.07) is 14.4. The Morgan fingerprint density at radius 2 is 1.77 bits per heavy atom. The van der Waals surface area contributed by atoms with Crippen LogP contribution in [0, 0.1) is 13.8 Å². The third-order valence-electron chi connectivity index (χ3n) is 5.60. The molecule has 184 valence electrons. The van der Waals surface area contributed by atoms with Crippen LogP contribution in [-0.4, -0.2) is 42.8 Å². The van der Waals surface area contributed by atoms with Gasteiger partial charge in [0.2, 0.25) is 0 Å². The monoisotopic (exact) mass is 500 g/mol. The summed E-state index contributed by atoms with van der Waals surface area (Å²) >= 11 is 0. The average Bonchev–Trinajstić information content (AvgIpc) is 3.23. The van der Waals surface area contributed by atoms with Crippen molar-refractivity contribution in [1.29, 1.82) is 0 Å². The predicted octanol–water partition coefficient (Wildman–Crippen LogP) is 2.07. The Balaban J connectivity index is 1.57. The van der Waals surface area contributed by atoms with Crippen LogP contribution < -0.4 is 11.2 Å². The smallest absolute Gasteiger partial charge is 0.338 e. The molecule has 0 saturated carbocycles. The molecule has 1 fully saturated rings. The molecule has 1 aromatic heterocycles. The number of aryl methyl sites for hydroxylation is 2. The first-order chi connectivity index (χ1) is 16.6. The Morgan fingerprint density at radius 3 is 2.46 bits per heavy atom. The molecule has 1 saturated heterocycles. The van der Waals surface area contributed by atoms with Crippen LogP contribution in [0.15, 0.2) is 75.3 Å². The van der Waals surface area contributed by atoms with Crippen LogP contribution in [0.5, 0.6) is 0 Å². The SMILES string of the molecule is Cc1ccc(S(=O)(=O)OCC2OC(n3cc(C)c(=O)[nH]c3=O)CC2OC(=O)c2ccccc2)cc1. The second-order valence-corrected chi connectivity index (χ2v) is 9.82. The standard InChI is InChI=1S/C24H24N2O8S/c1-15-8-10-18(11-9-15)35(30,31)32-14-20-19(34-23(28)17-6-4-3-5-7-17)12-21(33-20)26-13-16(2)22(27)25-24(26)29/h3-11,13,19-21H,12,14H2,1-2H3,(H,25,27,29). The van der Waals surface area contributed by atoms with Crippen molar-refractivity contribution < 1.29 is 26.9 Å². The number of esters is 1. The molecular weight excluding hydrogens is 476 g/mol. The number of hydrogen-bond donors (Lipinski definition) is 1. The van der Waals surface area contributed by atoms with Crippen LogP contribution in [0.3, 0.4) is 0 Å². The van der Waals surface area contributed by atoms with Crippen molar-refractivity contribution in [2.24, 2.45) is 0 Å². The van der Waals surface area contributed by atoms with Crippen LogP contribution in [0.25, 0.3) is 0 Å². The Morgan fingerprint density at radius 1 is 1.09 bits per heavy atom. The molecule has 0 aliphatic carbocycles. The summed E-state index contributed by atoms with van der Waals surface area (Å²) in [6.07, 6.45) is -1.44. The van der Waals surface area contributed by atoms with Gasteiger partial charge in [0.05, 0.1) is 17.1 Å². The summed E-state index contributed by atoms with van der Waals surface area (Å²) in [5, 5.41) is 0. The van der Waals surface area contributed by atoms with Crippen LogP contribution in [0.4, 0.5) is 0 Å². The highest BCUT2D eigenvalue weighted by Crippen LogP contribution is 2.31. The first-order valence-corrected chi connectivity index (χ1v) is 12.2. The number of benzene rings is 2. The van der Waals surface area contributed by atoms with Crippen molar-refractivity contribution in [1.82, 2.24) is 9.55 Å². The van der Waals surface area contributed by atoms with E-state index in [-0.39, 0.29) is 16.9 Å². The molecule has 3 aromatic rings. The summed E-state index contributed by atoms with van der Waals surface area (Å²) in [7, 11) is -4.11. The zero-order valence-electron chi connectivity index (χ0n) is 19.0. The summed E-state index contributed by atoms with van der Waals surface area (Å²) in [5.41, 5.74) is 0.251. The molecule has 11 heteroatoms. The minimum Gasteiger partial charge on any atom is -0.456 e. The maximum absolute atomic E-state index is 12.7. The largest absolute Gasteiger partial charge is 0.456 e. The fourth-order valence-electron chi connectivity index (χ4n) is 3.65. The molecule has 10 nitrogen and oxygen atoms in total. The van der Waals surface area contributed by atoms with Gasteiger partial charge in [-0.25, -0.2) is 9.59 Å². The third-order valence-corrected chi connectivity index (χ3v) is 6.90. The number of nitrogens with zero attached hydrogens (tertiary/aromatic N) is 1. The van der Waals surface area contributed by atoms with Gasteiger partial charge in [0.25, 0.3) is 15.7 Å². The summed E-state index contributed by atoms with van der Waals surface area (Å²) in [5.74, 6) is -0.628. The Hall–Kier alpha value is -3.54. The van der Waals surface area contributed by atoms with Crippen molar-refractivity contribution in [2.75, 3.05) is 6.61 Å². The number of nitrogens with one attached hydrogen (secondary N) is 1. The Bertz CT molecular complexity index is 1430. The Labute approximate surface area is 201 Å². The topological polar surface area (TPSA) is 134 Å². The molecular formula is C24H24N2O8S. The quantitative estimate of drug-likeness (QED) is 0.385. The maximum atomic E-state index is 12.7. The van der Waals surface area contributed by atoms with Crippen molar-refractivity contribution in [2.45, 2.75) is 43.6 Å². The molecule has 2 aromatic carbocycles. The van der Waals surface area contributed by atoms with E-state index >= 15 is 0 Å². The van der Waals surface area contributed by atoms with Crippen molar-refractivity contribution in [3.63, 3.8) is 0 Å². The minimum atomic E-state index is -4.11. The highest BCUT2D eigenvalue weighted by atomic mass is 32.2. The van der Waals surface area contributed by atoms with Gasteiger partial charge in [0, 0.05) is 18.2 Å². The lowest BCUT2D eigenvalue weighted by molar-refractivity contribution is -0.0468. The zero-order chi connectivity index (χ0) is 25.2. The van der Waals surface area contributed by atoms with E-state index in [1.165, 1.54) is 29.8 Å². The van der Waals surface area contributed by atoms with Gasteiger partial charge in [-0.05, 0) is 38.1 Å². The van der Waals surface area contributed by atoms with E-state index in [1.807, 2.05) is 6.92 Å². The third kappa shape index (κ3) is 5.59. The van der Waals surface area contributed by atoms with Crippen LogP contribution >= 0.6 is 0 Å². The van der Waals surface area contributed by atoms with Gasteiger partial charge in [0.1, 0.15) is 18.4 Å². The zero-order valence-corrected chi connectivity index (χ0v) is 19.9. The van der Waals surface area contributed by atoms with Crippen molar-refractivity contribution in [3.8, 4) is 0 Å². The number of hydrogen-bond acceptors (Lipinski definition) is 8. The first-order valence-electron chi connectivity index (χ1n) is 10.8. The molecule has 0 bridgehead atoms. The lowest BCUT2D eigenvalue weighted by Gasteiger charge is -2.19. The molecule has 1 N–H and O–H groups in total. The second-order valence-electron chi connectivity index (χ2n) is 8.21. The average molecular weight is 501 g/mol. The maximum Gasteiger partial charge on any atom is 0.338 e. The fraction of sp³-hybridized carbons (Fsp3) is 0.292. The number of rotatable bonds is 7. The van der Waals surface area contributed by atoms with Gasteiger partial charge in [-0.15, -0.1) is 0 Å². The van der Waals surface area contributed by atoms with Gasteiger partial charge < -0.3 is 9.47 Å². The lowest BCUT2D eigenvalue weighted by atomic mass is 10.1. The number of carbonyl (C=O) groups is 1. The van der Waals surface area contributed by atoms with E-state index in [0.29, 0.717) is 5.56 Å². The highest BCUT2D eigenvalue weighted by Gasteiger charge is 2.40. The highest BCUT2D eigenvalue weighted by molar-refractivity contribution is 7.86. The number of ether oxygens (including phenoxy) is 2. The molecule has 0 amide bonds. The first kappa shape index (κ1) is 24.6. The summed E-state index contributed by atoms with van der Waals surface area (Å²) in [4.78, 5) is 38.9. The normalized spacial score (nSPS) is 20.0. The van der Waals surface area contributed by atoms with Gasteiger partial charge in [-0.3, -0.25) is 18.5 Å². The number of aromatic nitrogens is 2. The molecule has 1 aliphatic heterocycles. The van der Waals surface area contributed by atoms with Gasteiger partial charge in [-0.2, -0.15) is 8.42 Å². The fourth-order valence-corrected chi connectivity index (χ4v) is 4.57. The minimum absolute atomic E-state index is 0.0250. The molecule has 4 rings (SSSR count). The summed E-state index contributed by atoms with van der Waals surface area (Å²) in [6.45, 7) is 2.91. The van der Waals surface area contributed by atoms with Crippen molar-refractivity contribution in [3.05, 3.63) is 98.3 Å². The van der Waals surface area contributed by atoms with E-state index in [4.69, 9.17) is 13.7 Å². The van der Waals surface area contributed by atoms with E-state index in [1.54, 1.807) is 42.5 Å². The molecule has 0 spiro atoms. The van der Waals surface area contributed by atoms with E-state index in [2.05, 4.69) is 4.98 Å². The van der Waals surface area contributed by atoms with Gasteiger partial charge in [0.15, 0.2) is 0 Å². The van der Waals surface area contributed by atoms with Crippen molar-refractivity contribution >= 4 is 16.1 Å². The van der Waals surface area contributed by atoms with Crippen LogP contribution in [0.2, 0.25) is 0 Å². The molecule has 3 atom stereocenters. The predicted molar refractivity (Wildman–Crippen MR) is 125 cm³/mol. The number of carbonyl (C=O) groups excluding carboxylic acids is 1. The molecule has 2 heterocycles. The number of H-pyrrole nitrogens is 1. The van der Waals surface area contributed by atoms with E-state index in [9.17, 15) is 22.8 Å². The summed E-state index contributed by atoms with van der Waals surface area (Å²) < 4.78 is 43.2. The molecule has 0 radical (unpaired) electrons. The lowest BCUT2D eigenvalue weighted by Crippen LogP contribution is -2.33. The van der Waals surface area contributed by atoms with Gasteiger partial charge >= 0.3 is 11.7 Å². The van der Waals surface area contributed by atoms with E-state index < -0.39 is 52.4 Å². The molecule has 1 aliphatic rings. The second kappa shape index (κ2) is 9.98. The Kier molecular flexibility index (Phi) is 7.01. The number of aromatic amines is 1. The van der Waals surface area contributed by atoms with Gasteiger partial charge in [-0.1, -0.05) is 35.9 Å².